The van der Waals surface area contributed by atoms with Crippen LogP contribution in [0.2, 0.25) is 0 Å². The third-order valence-electron chi connectivity index (χ3n) is 2.13. The van der Waals surface area contributed by atoms with E-state index in [0.29, 0.717) is 11.3 Å². The van der Waals surface area contributed by atoms with Gasteiger partial charge in [0.1, 0.15) is 11.6 Å². The second kappa shape index (κ2) is 3.87. The van der Waals surface area contributed by atoms with E-state index in [1.54, 1.807) is 24.3 Å². The minimum absolute atomic E-state index is 0.0663. The van der Waals surface area contributed by atoms with Crippen molar-refractivity contribution in [1.29, 1.82) is 5.26 Å². The minimum atomic E-state index is -0.437. The fourth-order valence-corrected chi connectivity index (χ4v) is 1.35. The lowest BCUT2D eigenvalue weighted by atomic mass is 10.2. The summed E-state index contributed by atoms with van der Waals surface area (Å²) >= 11 is 0. The van der Waals surface area contributed by atoms with Crippen molar-refractivity contribution in [2.45, 2.75) is 0 Å². The van der Waals surface area contributed by atoms with E-state index in [0.717, 1.165) is 4.73 Å². The van der Waals surface area contributed by atoms with Crippen molar-refractivity contribution < 1.29 is 9.94 Å². The zero-order chi connectivity index (χ0) is 11.5. The van der Waals surface area contributed by atoms with Crippen LogP contribution in [0.1, 0.15) is 5.56 Å². The van der Waals surface area contributed by atoms with Gasteiger partial charge in [-0.25, -0.2) is 0 Å². The molecular weight excluding hydrogens is 206 g/mol. The monoisotopic (exact) mass is 214 g/mol. The number of nitrogens with one attached hydrogen (secondary N) is 1. The van der Waals surface area contributed by atoms with E-state index in [2.05, 4.69) is 4.98 Å². The predicted octanol–water partition coefficient (Wildman–Crippen LogP) is 0.438. The number of nitrogens with zero attached hydrogens (tertiary/aromatic N) is 2. The van der Waals surface area contributed by atoms with E-state index in [-0.39, 0.29) is 5.56 Å². The van der Waals surface area contributed by atoms with E-state index in [4.69, 9.17) is 5.26 Å². The minimum Gasteiger partial charge on any atom is -0.321 e. The van der Waals surface area contributed by atoms with Crippen LogP contribution in [0.5, 0.6) is 0 Å². The van der Waals surface area contributed by atoms with Gasteiger partial charge in [0.25, 0.3) is 5.56 Å². The first-order chi connectivity index (χ1) is 7.70. The molecule has 2 heterocycles. The van der Waals surface area contributed by atoms with Crippen molar-refractivity contribution in [3.05, 3.63) is 52.6 Å². The molecule has 2 N–H and O–H groups in total. The lowest BCUT2D eigenvalue weighted by molar-refractivity contribution is -0.904. The Labute approximate surface area is 90.8 Å². The molecule has 0 bridgehead atoms. The number of hydrogen-bond acceptors (Lipinski definition) is 3. The van der Waals surface area contributed by atoms with E-state index in [1.165, 1.54) is 18.5 Å². The Morgan fingerprint density at radius 2 is 2.19 bits per heavy atom. The van der Waals surface area contributed by atoms with Gasteiger partial charge >= 0.3 is 0 Å². The third-order valence-corrected chi connectivity index (χ3v) is 2.13. The molecule has 0 aliphatic heterocycles. The first-order valence-electron chi connectivity index (χ1n) is 4.55. The molecule has 78 valence electrons. The summed E-state index contributed by atoms with van der Waals surface area (Å²) in [5.74, 6) is 0. The highest BCUT2D eigenvalue weighted by molar-refractivity contribution is 5.57. The van der Waals surface area contributed by atoms with Gasteiger partial charge in [-0.05, 0) is 18.2 Å². The SMILES string of the molecule is N#Cc1ccc(-c2ccc[n+](O)c2)[nH]c1=O. The summed E-state index contributed by atoms with van der Waals surface area (Å²) in [5, 5.41) is 17.8. The molecule has 16 heavy (non-hydrogen) atoms. The molecule has 0 aliphatic carbocycles. The van der Waals surface area contributed by atoms with Gasteiger partial charge in [0.15, 0.2) is 0 Å². The lowest BCUT2D eigenvalue weighted by Gasteiger charge is -1.98. The molecule has 5 heteroatoms. The van der Waals surface area contributed by atoms with Crippen LogP contribution in [0.3, 0.4) is 0 Å². The Hall–Kier alpha value is -2.61. The summed E-state index contributed by atoms with van der Waals surface area (Å²) < 4.78 is 0.895. The second-order valence-corrected chi connectivity index (χ2v) is 3.20. The molecule has 2 aromatic rings. The van der Waals surface area contributed by atoms with Crippen molar-refractivity contribution in [3.8, 4) is 17.3 Å². The Kier molecular flexibility index (Phi) is 2.40. The van der Waals surface area contributed by atoms with Crippen LogP contribution >= 0.6 is 0 Å². The molecule has 0 atom stereocenters. The number of hydrogen-bond donors (Lipinski definition) is 2. The third kappa shape index (κ3) is 1.77. The average Bonchev–Trinajstić information content (AvgIpc) is 2.29. The number of aromatic amines is 1. The Morgan fingerprint density at radius 1 is 1.38 bits per heavy atom. The standard InChI is InChI=1S/C11H7N3O2/c12-6-8-3-4-10(13-11(8)15)9-2-1-5-14(16)7-9/h1-5,7H,(H-,13,15,16)/p+1. The van der Waals surface area contributed by atoms with E-state index < -0.39 is 5.56 Å². The number of H-pyrrole nitrogens is 1. The molecule has 2 rings (SSSR count). The van der Waals surface area contributed by atoms with Crippen molar-refractivity contribution >= 4 is 0 Å². The summed E-state index contributed by atoms with van der Waals surface area (Å²) in [6, 6.07) is 8.24. The van der Waals surface area contributed by atoms with Crippen molar-refractivity contribution in [2.75, 3.05) is 0 Å². The molecule has 0 spiro atoms. The van der Waals surface area contributed by atoms with Gasteiger partial charge in [-0.1, -0.05) is 0 Å². The summed E-state index contributed by atoms with van der Waals surface area (Å²) in [5.41, 5.74) is 0.837. The topological polar surface area (TPSA) is 80.8 Å². The van der Waals surface area contributed by atoms with Crippen molar-refractivity contribution in [1.82, 2.24) is 4.98 Å². The Bertz CT molecular complexity index is 626. The van der Waals surface area contributed by atoms with Gasteiger partial charge in [0, 0.05) is 10.8 Å². The molecule has 0 radical (unpaired) electrons. The molecule has 2 aromatic heterocycles. The molecule has 0 aliphatic rings. The van der Waals surface area contributed by atoms with Crippen LogP contribution in [0.25, 0.3) is 11.3 Å². The van der Waals surface area contributed by atoms with Crippen LogP contribution < -0.4 is 10.3 Å². The normalized spacial score (nSPS) is 9.69. The highest BCUT2D eigenvalue weighted by atomic mass is 16.5. The number of pyridine rings is 2. The van der Waals surface area contributed by atoms with Gasteiger partial charge in [-0.15, -0.1) is 0 Å². The summed E-state index contributed by atoms with van der Waals surface area (Å²) in [4.78, 5) is 13.9. The quantitative estimate of drug-likeness (QED) is 0.533. The van der Waals surface area contributed by atoms with E-state index >= 15 is 0 Å². The molecule has 0 saturated carbocycles. The fraction of sp³-hybridized carbons (Fsp3) is 0. The van der Waals surface area contributed by atoms with Crippen LogP contribution in [0, 0.1) is 11.3 Å². The second-order valence-electron chi connectivity index (χ2n) is 3.20. The molecule has 5 nitrogen and oxygen atoms in total. The van der Waals surface area contributed by atoms with Gasteiger partial charge in [0.2, 0.25) is 12.4 Å². The summed E-state index contributed by atoms with van der Waals surface area (Å²) in [6.07, 6.45) is 2.92. The van der Waals surface area contributed by atoms with Crippen molar-refractivity contribution in [3.63, 3.8) is 0 Å². The molecule has 0 fully saturated rings. The maximum absolute atomic E-state index is 11.4. The van der Waals surface area contributed by atoms with Gasteiger partial charge in [-0.2, -0.15) is 5.26 Å². The number of rotatable bonds is 1. The van der Waals surface area contributed by atoms with Gasteiger partial charge in [-0.3, -0.25) is 10.0 Å². The van der Waals surface area contributed by atoms with Crippen LogP contribution in [-0.2, 0) is 0 Å². The molecule has 0 saturated heterocycles. The number of nitriles is 1. The average molecular weight is 214 g/mol. The maximum Gasteiger partial charge on any atom is 0.266 e. The highest BCUT2D eigenvalue weighted by Gasteiger charge is 2.06. The van der Waals surface area contributed by atoms with Gasteiger partial charge < -0.3 is 4.98 Å². The molecular formula is C11H8N3O2+. The largest absolute Gasteiger partial charge is 0.321 e. The molecule has 0 unspecified atom stereocenters. The zero-order valence-electron chi connectivity index (χ0n) is 8.21. The molecule has 0 amide bonds. The molecule has 0 aromatic carbocycles. The first-order valence-corrected chi connectivity index (χ1v) is 4.55. The van der Waals surface area contributed by atoms with Crippen LogP contribution in [0.4, 0.5) is 0 Å². The lowest BCUT2D eigenvalue weighted by Crippen LogP contribution is -2.28. The summed E-state index contributed by atoms with van der Waals surface area (Å²) in [7, 11) is 0. The summed E-state index contributed by atoms with van der Waals surface area (Å²) in [6.45, 7) is 0. The maximum atomic E-state index is 11.4. The van der Waals surface area contributed by atoms with E-state index in [9.17, 15) is 10.0 Å². The van der Waals surface area contributed by atoms with Crippen LogP contribution in [0.15, 0.2) is 41.5 Å². The first kappa shape index (κ1) is 9.93. The van der Waals surface area contributed by atoms with E-state index in [1.807, 2.05) is 0 Å². The Morgan fingerprint density at radius 3 is 2.81 bits per heavy atom. The van der Waals surface area contributed by atoms with Gasteiger partial charge in [0.05, 0.1) is 11.3 Å². The number of aromatic nitrogens is 2. The smallest absolute Gasteiger partial charge is 0.266 e. The highest BCUT2D eigenvalue weighted by Crippen LogP contribution is 2.12. The van der Waals surface area contributed by atoms with Crippen molar-refractivity contribution in [2.24, 2.45) is 0 Å². The van der Waals surface area contributed by atoms with Crippen LogP contribution in [-0.4, -0.2) is 10.2 Å². The zero-order valence-corrected chi connectivity index (χ0v) is 8.21. The predicted molar refractivity (Wildman–Crippen MR) is 54.6 cm³/mol. The fourth-order valence-electron chi connectivity index (χ4n) is 1.35. The Balaban J connectivity index is 2.55.